The van der Waals surface area contributed by atoms with Crippen molar-refractivity contribution in [3.8, 4) is 0 Å². The fourth-order valence-electron chi connectivity index (χ4n) is 2.62. The maximum atomic E-state index is 11.2. The third-order valence-electron chi connectivity index (χ3n) is 3.82. The molecule has 0 atom stereocenters. The van der Waals surface area contributed by atoms with E-state index < -0.39 is 0 Å². The summed E-state index contributed by atoms with van der Waals surface area (Å²) in [6, 6.07) is 3.64. The van der Waals surface area contributed by atoms with Crippen molar-refractivity contribution < 1.29 is 4.79 Å². The van der Waals surface area contributed by atoms with Gasteiger partial charge in [0.25, 0.3) is 0 Å². The molecule has 2 aromatic heterocycles. The normalized spacial score (nSPS) is 13.8. The molecular formula is C16H20N4O. The highest BCUT2D eigenvalue weighted by Crippen LogP contribution is 2.15. The molecule has 1 aliphatic rings. The van der Waals surface area contributed by atoms with Gasteiger partial charge in [0.1, 0.15) is 11.6 Å². The molecule has 5 nitrogen and oxygen atoms in total. The molecule has 5 heteroatoms. The summed E-state index contributed by atoms with van der Waals surface area (Å²) in [5, 5.41) is 3.27. The second kappa shape index (κ2) is 6.08. The lowest BCUT2D eigenvalue weighted by molar-refractivity contribution is 0.101. The van der Waals surface area contributed by atoms with Gasteiger partial charge >= 0.3 is 0 Å². The van der Waals surface area contributed by atoms with Crippen molar-refractivity contribution in [3.05, 3.63) is 41.6 Å². The summed E-state index contributed by atoms with van der Waals surface area (Å²) in [6.07, 6.45) is 8.27. The van der Waals surface area contributed by atoms with Crippen LogP contribution in [-0.2, 0) is 19.4 Å². The first-order valence-corrected chi connectivity index (χ1v) is 7.48. The first kappa shape index (κ1) is 13.8. The summed E-state index contributed by atoms with van der Waals surface area (Å²) < 4.78 is 2.28. The molecule has 1 N–H and O–H groups in total. The zero-order valence-electron chi connectivity index (χ0n) is 12.3. The van der Waals surface area contributed by atoms with Crippen molar-refractivity contribution in [2.24, 2.45) is 0 Å². The molecule has 0 bridgehead atoms. The highest BCUT2D eigenvalue weighted by molar-refractivity contribution is 5.93. The second-order valence-electron chi connectivity index (χ2n) is 5.46. The van der Waals surface area contributed by atoms with Gasteiger partial charge in [0.2, 0.25) is 0 Å². The van der Waals surface area contributed by atoms with Crippen molar-refractivity contribution >= 4 is 11.6 Å². The van der Waals surface area contributed by atoms with Crippen LogP contribution in [0.4, 0.5) is 5.82 Å². The van der Waals surface area contributed by atoms with E-state index in [4.69, 9.17) is 0 Å². The first-order chi connectivity index (χ1) is 10.2. The Morgan fingerprint density at radius 1 is 1.38 bits per heavy atom. The number of imidazole rings is 1. The van der Waals surface area contributed by atoms with E-state index in [0.29, 0.717) is 5.56 Å². The molecule has 0 unspecified atom stereocenters. The molecule has 3 rings (SSSR count). The number of ketones is 1. The SMILES string of the molecule is CC(=O)c1ccc(NCCc2cn3c(n2)CCCC3)nc1. The molecule has 0 aliphatic carbocycles. The molecule has 3 heterocycles. The Morgan fingerprint density at radius 3 is 3.00 bits per heavy atom. The zero-order valence-corrected chi connectivity index (χ0v) is 12.3. The topological polar surface area (TPSA) is 59.8 Å². The van der Waals surface area contributed by atoms with E-state index in [2.05, 4.69) is 26.0 Å². The molecule has 0 fully saturated rings. The molecule has 1 aliphatic heterocycles. The number of anilines is 1. The number of Topliss-reactive ketones (excluding diaryl/α,β-unsaturated/α-hetero) is 1. The van der Waals surface area contributed by atoms with Gasteiger partial charge in [0.15, 0.2) is 5.78 Å². The largest absolute Gasteiger partial charge is 0.370 e. The Bertz CT molecular complexity index is 607. The number of nitrogens with one attached hydrogen (secondary N) is 1. The van der Waals surface area contributed by atoms with Crippen LogP contribution in [0.2, 0.25) is 0 Å². The average molecular weight is 284 g/mol. The van der Waals surface area contributed by atoms with Crippen LogP contribution in [0.5, 0.6) is 0 Å². The molecule has 110 valence electrons. The molecule has 0 aromatic carbocycles. The summed E-state index contributed by atoms with van der Waals surface area (Å²) in [5.41, 5.74) is 1.78. The van der Waals surface area contributed by atoms with Gasteiger partial charge in [0.05, 0.1) is 5.69 Å². The fraction of sp³-hybridized carbons (Fsp3) is 0.438. The van der Waals surface area contributed by atoms with Crippen LogP contribution in [-0.4, -0.2) is 26.9 Å². The number of hydrogen-bond donors (Lipinski definition) is 1. The second-order valence-corrected chi connectivity index (χ2v) is 5.46. The van der Waals surface area contributed by atoms with Crippen LogP contribution in [0.3, 0.4) is 0 Å². The number of aromatic nitrogens is 3. The fourth-order valence-corrected chi connectivity index (χ4v) is 2.62. The quantitative estimate of drug-likeness (QED) is 0.857. The monoisotopic (exact) mass is 284 g/mol. The van der Waals surface area contributed by atoms with E-state index in [1.165, 1.54) is 18.7 Å². The van der Waals surface area contributed by atoms with Gasteiger partial charge in [-0.1, -0.05) is 0 Å². The van der Waals surface area contributed by atoms with E-state index in [1.54, 1.807) is 19.2 Å². The number of pyridine rings is 1. The van der Waals surface area contributed by atoms with Crippen molar-refractivity contribution in [1.29, 1.82) is 0 Å². The Hall–Kier alpha value is -2.17. The molecule has 0 saturated carbocycles. The molecule has 0 saturated heterocycles. The lowest BCUT2D eigenvalue weighted by atomic mass is 10.2. The van der Waals surface area contributed by atoms with E-state index in [-0.39, 0.29) is 5.78 Å². The molecule has 2 aromatic rings. The minimum atomic E-state index is 0.0395. The predicted octanol–water partition coefficient (Wildman–Crippen LogP) is 2.47. The van der Waals surface area contributed by atoms with Gasteiger partial charge in [-0.25, -0.2) is 9.97 Å². The number of rotatable bonds is 5. The summed E-state index contributed by atoms with van der Waals surface area (Å²) in [4.78, 5) is 20.1. The van der Waals surface area contributed by atoms with E-state index in [0.717, 1.165) is 37.4 Å². The number of aryl methyl sites for hydroxylation is 2. The minimum absolute atomic E-state index is 0.0395. The Morgan fingerprint density at radius 2 is 2.29 bits per heavy atom. The molecular weight excluding hydrogens is 264 g/mol. The third-order valence-corrected chi connectivity index (χ3v) is 3.82. The van der Waals surface area contributed by atoms with E-state index in [9.17, 15) is 4.79 Å². The lowest BCUT2D eigenvalue weighted by Gasteiger charge is -2.11. The van der Waals surface area contributed by atoms with Crippen LogP contribution >= 0.6 is 0 Å². The van der Waals surface area contributed by atoms with Crippen molar-refractivity contribution in [2.75, 3.05) is 11.9 Å². The molecule has 0 radical (unpaired) electrons. The number of carbonyl (C=O) groups is 1. The molecule has 0 spiro atoms. The number of hydrogen-bond acceptors (Lipinski definition) is 4. The Balaban J connectivity index is 1.53. The summed E-state index contributed by atoms with van der Waals surface area (Å²) in [7, 11) is 0. The zero-order chi connectivity index (χ0) is 14.7. The lowest BCUT2D eigenvalue weighted by Crippen LogP contribution is -2.08. The standard InChI is InChI=1S/C16H20N4O/c1-12(21)13-5-6-15(18-10-13)17-8-7-14-11-20-9-3-2-4-16(20)19-14/h5-6,10-11H,2-4,7-9H2,1H3,(H,17,18). The van der Waals surface area contributed by atoms with Gasteiger partial charge in [-0.2, -0.15) is 0 Å². The van der Waals surface area contributed by atoms with E-state index >= 15 is 0 Å². The van der Waals surface area contributed by atoms with Gasteiger partial charge in [-0.15, -0.1) is 0 Å². The average Bonchev–Trinajstić information content (AvgIpc) is 2.90. The van der Waals surface area contributed by atoms with Crippen LogP contribution in [0.15, 0.2) is 24.5 Å². The van der Waals surface area contributed by atoms with Crippen LogP contribution in [0, 0.1) is 0 Å². The van der Waals surface area contributed by atoms with Crippen LogP contribution < -0.4 is 5.32 Å². The van der Waals surface area contributed by atoms with Crippen LogP contribution in [0.25, 0.3) is 0 Å². The Labute approximate surface area is 124 Å². The summed E-state index contributed by atoms with van der Waals surface area (Å²) in [6.45, 7) is 3.44. The van der Waals surface area contributed by atoms with Gasteiger partial charge in [-0.05, 0) is 31.9 Å². The Kier molecular flexibility index (Phi) is 3.99. The van der Waals surface area contributed by atoms with Crippen molar-refractivity contribution in [2.45, 2.75) is 39.2 Å². The molecule has 21 heavy (non-hydrogen) atoms. The van der Waals surface area contributed by atoms with E-state index in [1.807, 2.05) is 6.07 Å². The maximum Gasteiger partial charge on any atom is 0.161 e. The van der Waals surface area contributed by atoms with Gasteiger partial charge < -0.3 is 9.88 Å². The maximum absolute atomic E-state index is 11.2. The highest BCUT2D eigenvalue weighted by atomic mass is 16.1. The summed E-state index contributed by atoms with van der Waals surface area (Å²) >= 11 is 0. The summed E-state index contributed by atoms with van der Waals surface area (Å²) in [5.74, 6) is 2.06. The number of nitrogens with zero attached hydrogens (tertiary/aromatic N) is 3. The van der Waals surface area contributed by atoms with Crippen LogP contribution in [0.1, 0.15) is 41.6 Å². The van der Waals surface area contributed by atoms with Crippen molar-refractivity contribution in [1.82, 2.24) is 14.5 Å². The smallest absolute Gasteiger partial charge is 0.161 e. The predicted molar refractivity (Wildman–Crippen MR) is 81.6 cm³/mol. The highest BCUT2D eigenvalue weighted by Gasteiger charge is 2.11. The van der Waals surface area contributed by atoms with Gasteiger partial charge in [-0.3, -0.25) is 4.79 Å². The number of carbonyl (C=O) groups excluding carboxylic acids is 1. The first-order valence-electron chi connectivity index (χ1n) is 7.48. The van der Waals surface area contributed by atoms with Gasteiger partial charge in [0, 0.05) is 43.9 Å². The minimum Gasteiger partial charge on any atom is -0.370 e. The third kappa shape index (κ3) is 3.29. The molecule has 0 amide bonds. The van der Waals surface area contributed by atoms with Crippen molar-refractivity contribution in [3.63, 3.8) is 0 Å². The number of fused-ring (bicyclic) bond motifs is 1.